The highest BCUT2D eigenvalue weighted by Crippen LogP contribution is 2.34. The molecule has 0 unspecified atom stereocenters. The van der Waals surface area contributed by atoms with E-state index in [4.69, 9.17) is 4.74 Å². The topological polar surface area (TPSA) is 64.6 Å². The minimum atomic E-state index is -4.61. The Balaban J connectivity index is 1.82. The van der Waals surface area contributed by atoms with Gasteiger partial charge in [-0.05, 0) is 36.4 Å². The van der Waals surface area contributed by atoms with Gasteiger partial charge in [-0.1, -0.05) is 28.1 Å². The smallest absolute Gasteiger partial charge is 0.418 e. The first-order valence-electron chi connectivity index (χ1n) is 7.26. The van der Waals surface area contributed by atoms with Crippen molar-refractivity contribution in [2.45, 2.75) is 6.18 Å². The molecule has 2 rings (SSSR count). The third kappa shape index (κ3) is 6.07. The molecule has 0 aromatic heterocycles. The van der Waals surface area contributed by atoms with Crippen molar-refractivity contribution in [2.75, 3.05) is 18.5 Å². The number of carbonyl (C=O) groups excluding carboxylic acids is 2. The fourth-order valence-electron chi connectivity index (χ4n) is 1.89. The minimum Gasteiger partial charge on any atom is -0.482 e. The molecule has 0 aliphatic carbocycles. The molecule has 0 radical (unpaired) electrons. The Morgan fingerprint density at radius 2 is 1.65 bits per heavy atom. The van der Waals surface area contributed by atoms with E-state index in [1.54, 1.807) is 24.3 Å². The maximum Gasteiger partial charge on any atom is 0.418 e. The van der Waals surface area contributed by atoms with Crippen LogP contribution in [-0.2, 0) is 20.5 Å². The van der Waals surface area contributed by atoms with E-state index in [2.05, 4.69) is 26.0 Å². The first-order valence-corrected chi connectivity index (χ1v) is 8.05. The van der Waals surface area contributed by atoms with Crippen LogP contribution in [0.3, 0.4) is 0 Å². The summed E-state index contributed by atoms with van der Waals surface area (Å²) in [6, 6.07) is 11.2. The largest absolute Gasteiger partial charge is 0.482 e. The number of hydrogen-bond acceptors (Lipinski definition) is 4. The molecule has 0 heterocycles. The van der Waals surface area contributed by atoms with E-state index >= 15 is 0 Å². The van der Waals surface area contributed by atoms with Gasteiger partial charge >= 0.3 is 12.1 Å². The van der Waals surface area contributed by atoms with E-state index < -0.39 is 42.5 Å². The van der Waals surface area contributed by atoms with Crippen LogP contribution in [0.25, 0.3) is 0 Å². The van der Waals surface area contributed by atoms with E-state index in [0.717, 1.165) is 16.6 Å². The Morgan fingerprint density at radius 3 is 2.31 bits per heavy atom. The van der Waals surface area contributed by atoms with E-state index in [9.17, 15) is 22.8 Å². The van der Waals surface area contributed by atoms with Gasteiger partial charge in [0.05, 0.1) is 11.3 Å². The van der Waals surface area contributed by atoms with Crippen LogP contribution in [0.1, 0.15) is 5.56 Å². The Kier molecular flexibility index (Phi) is 6.62. The van der Waals surface area contributed by atoms with Crippen molar-refractivity contribution < 1.29 is 32.2 Å². The molecule has 1 N–H and O–H groups in total. The summed E-state index contributed by atoms with van der Waals surface area (Å²) >= 11 is 3.25. The molecular weight excluding hydrogens is 419 g/mol. The summed E-state index contributed by atoms with van der Waals surface area (Å²) < 4.78 is 49.2. The summed E-state index contributed by atoms with van der Waals surface area (Å²) in [7, 11) is 0. The number of hydrogen-bond donors (Lipinski definition) is 1. The van der Waals surface area contributed by atoms with Crippen LogP contribution in [0.4, 0.5) is 18.9 Å². The lowest BCUT2D eigenvalue weighted by Gasteiger charge is -2.13. The minimum absolute atomic E-state index is 0.410. The van der Waals surface area contributed by atoms with Crippen LogP contribution >= 0.6 is 15.9 Å². The molecule has 138 valence electrons. The monoisotopic (exact) mass is 431 g/mol. The molecule has 0 atom stereocenters. The van der Waals surface area contributed by atoms with Crippen molar-refractivity contribution in [3.63, 3.8) is 0 Å². The lowest BCUT2D eigenvalue weighted by Crippen LogP contribution is -2.24. The highest BCUT2D eigenvalue weighted by atomic mass is 79.9. The summed E-state index contributed by atoms with van der Waals surface area (Å²) in [5.41, 5.74) is -1.40. The van der Waals surface area contributed by atoms with Crippen molar-refractivity contribution in [2.24, 2.45) is 0 Å². The fourth-order valence-corrected chi connectivity index (χ4v) is 2.15. The quantitative estimate of drug-likeness (QED) is 0.701. The first-order chi connectivity index (χ1) is 12.3. The van der Waals surface area contributed by atoms with E-state index in [1.807, 2.05) is 0 Å². The van der Waals surface area contributed by atoms with Crippen LogP contribution in [-0.4, -0.2) is 25.1 Å². The highest BCUT2D eigenvalue weighted by molar-refractivity contribution is 9.10. The second-order valence-corrected chi connectivity index (χ2v) is 5.91. The molecule has 0 aliphatic heterocycles. The highest BCUT2D eigenvalue weighted by Gasteiger charge is 2.33. The molecule has 2 aromatic carbocycles. The van der Waals surface area contributed by atoms with Crippen molar-refractivity contribution in [1.82, 2.24) is 0 Å². The molecule has 9 heteroatoms. The molecule has 0 spiro atoms. The summed E-state index contributed by atoms with van der Waals surface area (Å²) in [4.78, 5) is 23.3. The number of esters is 1. The Hall–Kier alpha value is -2.55. The fraction of sp³-hybridized carbons (Fsp3) is 0.176. The van der Waals surface area contributed by atoms with Gasteiger partial charge in [-0.15, -0.1) is 0 Å². The lowest BCUT2D eigenvalue weighted by atomic mass is 10.1. The second kappa shape index (κ2) is 8.70. The van der Waals surface area contributed by atoms with Gasteiger partial charge in [0.1, 0.15) is 5.75 Å². The Labute approximate surface area is 155 Å². The van der Waals surface area contributed by atoms with E-state index in [0.29, 0.717) is 5.75 Å². The molecular formula is C17H13BrF3NO4. The second-order valence-electron chi connectivity index (χ2n) is 4.99. The number of anilines is 1. The number of benzene rings is 2. The summed E-state index contributed by atoms with van der Waals surface area (Å²) in [5.74, 6) is -1.29. The third-order valence-electron chi connectivity index (χ3n) is 3.04. The zero-order valence-corrected chi connectivity index (χ0v) is 14.8. The normalized spacial score (nSPS) is 10.9. The van der Waals surface area contributed by atoms with Gasteiger partial charge in [-0.3, -0.25) is 4.79 Å². The molecule has 0 aliphatic rings. The maximum atomic E-state index is 12.8. The zero-order valence-electron chi connectivity index (χ0n) is 13.2. The number of rotatable bonds is 6. The van der Waals surface area contributed by atoms with Crippen LogP contribution < -0.4 is 10.1 Å². The number of ether oxygens (including phenoxy) is 2. The van der Waals surface area contributed by atoms with Crippen LogP contribution in [0.2, 0.25) is 0 Å². The van der Waals surface area contributed by atoms with Crippen molar-refractivity contribution in [3.8, 4) is 5.75 Å². The predicted octanol–water partition coefficient (Wildman–Crippen LogP) is 4.03. The van der Waals surface area contributed by atoms with Crippen LogP contribution in [0.15, 0.2) is 53.0 Å². The molecule has 26 heavy (non-hydrogen) atoms. The summed E-state index contributed by atoms with van der Waals surface area (Å²) in [6.45, 7) is -1.16. The maximum absolute atomic E-state index is 12.8. The van der Waals surface area contributed by atoms with Crippen molar-refractivity contribution in [1.29, 1.82) is 0 Å². The van der Waals surface area contributed by atoms with E-state index in [1.165, 1.54) is 12.1 Å². The number of para-hydroxylation sites is 1. The lowest BCUT2D eigenvalue weighted by molar-refractivity contribution is -0.149. The average molecular weight is 432 g/mol. The van der Waals surface area contributed by atoms with Gasteiger partial charge in [0, 0.05) is 4.47 Å². The molecule has 2 aromatic rings. The van der Waals surface area contributed by atoms with Gasteiger partial charge in [0.2, 0.25) is 0 Å². The molecule has 0 fully saturated rings. The number of carbonyl (C=O) groups is 2. The van der Waals surface area contributed by atoms with Gasteiger partial charge in [0.15, 0.2) is 13.2 Å². The van der Waals surface area contributed by atoms with Crippen molar-refractivity contribution in [3.05, 3.63) is 58.6 Å². The van der Waals surface area contributed by atoms with Crippen LogP contribution in [0.5, 0.6) is 5.75 Å². The molecule has 0 saturated heterocycles. The zero-order chi connectivity index (χ0) is 19.2. The van der Waals surface area contributed by atoms with E-state index in [-0.39, 0.29) is 0 Å². The van der Waals surface area contributed by atoms with Crippen molar-refractivity contribution >= 4 is 33.5 Å². The predicted molar refractivity (Wildman–Crippen MR) is 90.7 cm³/mol. The van der Waals surface area contributed by atoms with Gasteiger partial charge in [-0.25, -0.2) is 4.79 Å². The van der Waals surface area contributed by atoms with Gasteiger partial charge in [0.25, 0.3) is 5.91 Å². The standard InChI is InChI=1S/C17H13BrF3NO4/c18-11-5-7-12(8-6-11)25-10-16(24)26-9-15(23)22-14-4-2-1-3-13(14)17(19,20)21/h1-8H,9-10H2,(H,22,23). The molecule has 0 saturated carbocycles. The summed E-state index contributed by atoms with van der Waals surface area (Å²) in [6.07, 6.45) is -4.61. The number of nitrogens with one attached hydrogen (secondary N) is 1. The average Bonchev–Trinajstić information content (AvgIpc) is 2.59. The van der Waals surface area contributed by atoms with Gasteiger partial charge in [-0.2, -0.15) is 13.2 Å². The Morgan fingerprint density at radius 1 is 1.00 bits per heavy atom. The number of amides is 1. The number of halogens is 4. The summed E-state index contributed by atoms with van der Waals surface area (Å²) in [5, 5.41) is 2.07. The van der Waals surface area contributed by atoms with Gasteiger partial charge < -0.3 is 14.8 Å². The van der Waals surface area contributed by atoms with Crippen LogP contribution in [0, 0.1) is 0 Å². The Bertz CT molecular complexity index is 778. The molecule has 5 nitrogen and oxygen atoms in total. The SMILES string of the molecule is O=C(COC(=O)COc1ccc(Br)cc1)Nc1ccccc1C(F)(F)F. The molecule has 0 bridgehead atoms. The number of alkyl halides is 3. The third-order valence-corrected chi connectivity index (χ3v) is 3.57. The molecule has 1 amide bonds. The first kappa shape index (κ1) is 19.8.